The number of amides is 3. The summed E-state index contributed by atoms with van der Waals surface area (Å²) in [6, 6.07) is 19.0. The van der Waals surface area contributed by atoms with Crippen LogP contribution in [0.5, 0.6) is 0 Å². The zero-order valence-corrected chi connectivity index (χ0v) is 20.2. The third-order valence-electron chi connectivity index (χ3n) is 6.31. The maximum Gasteiger partial charge on any atom is 0.269 e. The summed E-state index contributed by atoms with van der Waals surface area (Å²) in [7, 11) is 0. The number of rotatable bonds is 5. The van der Waals surface area contributed by atoms with Crippen molar-refractivity contribution in [3.63, 3.8) is 0 Å². The normalized spacial score (nSPS) is 18.9. The standard InChI is InChI=1S/C27H24FN3O3S/c1-17-3-6-19(7-4-17)14-29-24(32)15-30-23-12-5-18(2)13-22(23)27(26(30)34)31(25(33)16-35-27)21-10-8-20(28)9-11-21/h3-13H,14-16H2,1-2H3,(H,29,32). The molecule has 3 aromatic rings. The largest absolute Gasteiger partial charge is 0.350 e. The van der Waals surface area contributed by atoms with Gasteiger partial charge in [0.25, 0.3) is 5.91 Å². The highest BCUT2D eigenvalue weighted by Crippen LogP contribution is 2.55. The first-order valence-electron chi connectivity index (χ1n) is 11.3. The lowest BCUT2D eigenvalue weighted by Gasteiger charge is -2.33. The van der Waals surface area contributed by atoms with Crippen molar-refractivity contribution in [3.8, 4) is 0 Å². The fourth-order valence-electron chi connectivity index (χ4n) is 4.57. The van der Waals surface area contributed by atoms with Gasteiger partial charge in [0.2, 0.25) is 16.7 Å². The molecule has 0 saturated carbocycles. The SMILES string of the molecule is Cc1ccc(CNC(=O)CN2C(=O)C3(SCC(=O)N3c3ccc(F)cc3)c3cc(C)ccc32)cc1. The van der Waals surface area contributed by atoms with Crippen LogP contribution >= 0.6 is 11.8 Å². The molecular formula is C27H24FN3O3S. The minimum atomic E-state index is -1.34. The van der Waals surface area contributed by atoms with E-state index in [9.17, 15) is 18.8 Å². The Morgan fingerprint density at radius 1 is 1.00 bits per heavy atom. The molecule has 1 fully saturated rings. The van der Waals surface area contributed by atoms with E-state index in [-0.39, 0.29) is 30.0 Å². The van der Waals surface area contributed by atoms with Gasteiger partial charge in [0.05, 0.1) is 11.4 Å². The maximum atomic E-state index is 14.0. The van der Waals surface area contributed by atoms with Crippen LogP contribution in [0, 0.1) is 19.7 Å². The Labute approximate surface area is 207 Å². The van der Waals surface area contributed by atoms with Crippen molar-refractivity contribution in [2.75, 3.05) is 22.1 Å². The highest BCUT2D eigenvalue weighted by molar-refractivity contribution is 8.02. The van der Waals surface area contributed by atoms with Gasteiger partial charge in [-0.1, -0.05) is 47.5 Å². The molecule has 0 bridgehead atoms. The molecule has 0 radical (unpaired) electrons. The van der Waals surface area contributed by atoms with Crippen molar-refractivity contribution in [3.05, 3.63) is 94.8 Å². The first kappa shape index (κ1) is 23.1. The van der Waals surface area contributed by atoms with Crippen LogP contribution < -0.4 is 15.1 Å². The Morgan fingerprint density at radius 3 is 2.40 bits per heavy atom. The molecule has 35 heavy (non-hydrogen) atoms. The van der Waals surface area contributed by atoms with E-state index in [2.05, 4.69) is 5.32 Å². The number of halogens is 1. The second kappa shape index (κ2) is 8.85. The summed E-state index contributed by atoms with van der Waals surface area (Å²) in [5, 5.41) is 2.88. The molecule has 6 nitrogen and oxygen atoms in total. The predicted octanol–water partition coefficient (Wildman–Crippen LogP) is 4.04. The van der Waals surface area contributed by atoms with E-state index in [4.69, 9.17) is 0 Å². The predicted molar refractivity (Wildman–Crippen MR) is 135 cm³/mol. The Hall–Kier alpha value is -3.65. The summed E-state index contributed by atoms with van der Waals surface area (Å²) >= 11 is 1.23. The average Bonchev–Trinajstić information content (AvgIpc) is 3.30. The molecule has 0 aliphatic carbocycles. The van der Waals surface area contributed by atoms with Crippen LogP contribution in [0.4, 0.5) is 15.8 Å². The number of carbonyl (C=O) groups excluding carboxylic acids is 3. The fraction of sp³-hybridized carbons (Fsp3) is 0.222. The molecule has 1 unspecified atom stereocenters. The van der Waals surface area contributed by atoms with Crippen molar-refractivity contribution in [1.29, 1.82) is 0 Å². The Balaban J connectivity index is 1.47. The van der Waals surface area contributed by atoms with Crippen LogP contribution in [0.3, 0.4) is 0 Å². The van der Waals surface area contributed by atoms with E-state index >= 15 is 0 Å². The highest BCUT2D eigenvalue weighted by Gasteiger charge is 2.61. The minimum Gasteiger partial charge on any atom is -0.350 e. The lowest BCUT2D eigenvalue weighted by Crippen LogP contribution is -2.51. The van der Waals surface area contributed by atoms with Gasteiger partial charge in [0, 0.05) is 17.8 Å². The topological polar surface area (TPSA) is 69.7 Å². The summed E-state index contributed by atoms with van der Waals surface area (Å²) in [4.78, 5) is 41.5. The van der Waals surface area contributed by atoms with E-state index in [1.165, 1.54) is 45.8 Å². The van der Waals surface area contributed by atoms with Gasteiger partial charge < -0.3 is 5.32 Å². The molecule has 3 amide bonds. The van der Waals surface area contributed by atoms with Crippen molar-refractivity contribution < 1.29 is 18.8 Å². The number of benzene rings is 3. The summed E-state index contributed by atoms with van der Waals surface area (Å²) in [5.74, 6) is -1.23. The van der Waals surface area contributed by atoms with Gasteiger partial charge in [-0.05, 0) is 49.7 Å². The summed E-state index contributed by atoms with van der Waals surface area (Å²) in [6.07, 6.45) is 0. The highest BCUT2D eigenvalue weighted by atomic mass is 32.2. The number of nitrogens with one attached hydrogen (secondary N) is 1. The Bertz CT molecular complexity index is 1330. The van der Waals surface area contributed by atoms with E-state index in [1.807, 2.05) is 56.3 Å². The van der Waals surface area contributed by atoms with Crippen LogP contribution in [-0.4, -0.2) is 30.0 Å². The second-order valence-corrected chi connectivity index (χ2v) is 9.98. The van der Waals surface area contributed by atoms with Gasteiger partial charge in [-0.3, -0.25) is 24.2 Å². The van der Waals surface area contributed by atoms with E-state index < -0.39 is 10.7 Å². The molecule has 2 heterocycles. The van der Waals surface area contributed by atoms with Crippen molar-refractivity contribution in [2.24, 2.45) is 0 Å². The number of aryl methyl sites for hydroxylation is 2. The molecule has 5 rings (SSSR count). The number of hydrogen-bond donors (Lipinski definition) is 1. The Morgan fingerprint density at radius 2 is 1.69 bits per heavy atom. The van der Waals surface area contributed by atoms with E-state index in [0.29, 0.717) is 23.5 Å². The third-order valence-corrected chi connectivity index (χ3v) is 7.69. The van der Waals surface area contributed by atoms with Crippen LogP contribution in [0.1, 0.15) is 22.3 Å². The number of thioether (sulfide) groups is 1. The number of carbonyl (C=O) groups is 3. The van der Waals surface area contributed by atoms with Crippen LogP contribution in [0.25, 0.3) is 0 Å². The lowest BCUT2D eigenvalue weighted by atomic mass is 10.0. The van der Waals surface area contributed by atoms with Gasteiger partial charge in [0.1, 0.15) is 12.4 Å². The molecule has 8 heteroatoms. The third kappa shape index (κ3) is 3.97. The van der Waals surface area contributed by atoms with Crippen LogP contribution in [-0.2, 0) is 25.8 Å². The molecular weight excluding hydrogens is 465 g/mol. The van der Waals surface area contributed by atoms with Gasteiger partial charge >= 0.3 is 0 Å². The molecule has 0 aromatic heterocycles. The summed E-state index contributed by atoms with van der Waals surface area (Å²) < 4.78 is 13.6. The number of hydrogen-bond acceptors (Lipinski definition) is 4. The number of fused-ring (bicyclic) bond motifs is 2. The molecule has 178 valence electrons. The first-order valence-corrected chi connectivity index (χ1v) is 12.3. The quantitative estimate of drug-likeness (QED) is 0.588. The maximum absolute atomic E-state index is 14.0. The smallest absolute Gasteiger partial charge is 0.269 e. The monoisotopic (exact) mass is 489 g/mol. The zero-order valence-electron chi connectivity index (χ0n) is 19.4. The number of nitrogens with zero attached hydrogens (tertiary/aromatic N) is 2. The zero-order chi connectivity index (χ0) is 24.7. The summed E-state index contributed by atoms with van der Waals surface area (Å²) in [5.41, 5.74) is 4.72. The minimum absolute atomic E-state index is 0.101. The molecule has 1 spiro atoms. The summed E-state index contributed by atoms with van der Waals surface area (Å²) in [6.45, 7) is 4.09. The van der Waals surface area contributed by atoms with Gasteiger partial charge in [-0.15, -0.1) is 11.8 Å². The molecule has 2 aliphatic heterocycles. The van der Waals surface area contributed by atoms with Gasteiger partial charge in [-0.2, -0.15) is 0 Å². The van der Waals surface area contributed by atoms with Gasteiger partial charge in [0.15, 0.2) is 0 Å². The van der Waals surface area contributed by atoms with E-state index in [0.717, 1.165) is 16.7 Å². The molecule has 1 N–H and O–H groups in total. The van der Waals surface area contributed by atoms with Gasteiger partial charge in [-0.25, -0.2) is 4.39 Å². The number of anilines is 2. The molecule has 1 saturated heterocycles. The van der Waals surface area contributed by atoms with Crippen molar-refractivity contribution in [2.45, 2.75) is 25.3 Å². The molecule has 2 aliphatic rings. The fourth-order valence-corrected chi connectivity index (χ4v) is 5.92. The first-order chi connectivity index (χ1) is 16.8. The van der Waals surface area contributed by atoms with Crippen LogP contribution in [0.2, 0.25) is 0 Å². The van der Waals surface area contributed by atoms with Crippen molar-refractivity contribution in [1.82, 2.24) is 5.32 Å². The van der Waals surface area contributed by atoms with E-state index in [1.54, 1.807) is 0 Å². The lowest BCUT2D eigenvalue weighted by molar-refractivity contribution is -0.125. The second-order valence-electron chi connectivity index (χ2n) is 8.81. The van der Waals surface area contributed by atoms with Crippen molar-refractivity contribution >= 4 is 40.9 Å². The molecule has 1 atom stereocenters. The van der Waals surface area contributed by atoms with Crippen LogP contribution in [0.15, 0.2) is 66.7 Å². The average molecular weight is 490 g/mol. The molecule has 3 aromatic carbocycles. The Kier molecular flexibility index (Phi) is 5.84.